The fourth-order valence-electron chi connectivity index (χ4n) is 4.62. The van der Waals surface area contributed by atoms with Crippen molar-refractivity contribution < 1.29 is 19.0 Å². The van der Waals surface area contributed by atoms with E-state index in [0.29, 0.717) is 47.0 Å². The SMILES string of the molecule is COc1ccc(N2CSC3=C(C#N)[C@H](c4ccc(OCc5ccccc5Cl)cc4)CC(=O)N3C2)c(OC)c1. The zero-order chi connectivity index (χ0) is 26.6. The molecular formula is C29H26ClN3O4S. The molecule has 3 aromatic carbocycles. The van der Waals surface area contributed by atoms with Crippen molar-refractivity contribution in [2.24, 2.45) is 0 Å². The predicted octanol–water partition coefficient (Wildman–Crippen LogP) is 6.16. The number of nitriles is 1. The number of hydrogen-bond donors (Lipinski definition) is 0. The molecule has 0 radical (unpaired) electrons. The third-order valence-electron chi connectivity index (χ3n) is 6.66. The van der Waals surface area contributed by atoms with Gasteiger partial charge < -0.3 is 19.1 Å². The predicted molar refractivity (Wildman–Crippen MR) is 148 cm³/mol. The molecule has 9 heteroatoms. The van der Waals surface area contributed by atoms with Gasteiger partial charge in [0.05, 0.1) is 49.1 Å². The zero-order valence-electron chi connectivity index (χ0n) is 21.0. The molecule has 2 heterocycles. The fraction of sp³-hybridized carbons (Fsp3) is 0.241. The number of benzene rings is 3. The highest BCUT2D eigenvalue weighted by atomic mass is 35.5. The summed E-state index contributed by atoms with van der Waals surface area (Å²) in [6.07, 6.45) is 0.223. The van der Waals surface area contributed by atoms with Gasteiger partial charge in [0.15, 0.2) is 0 Å². The summed E-state index contributed by atoms with van der Waals surface area (Å²) < 4.78 is 16.8. The molecule has 1 saturated heterocycles. The van der Waals surface area contributed by atoms with Crippen LogP contribution in [0.2, 0.25) is 5.02 Å². The Bertz CT molecular complexity index is 1420. The Labute approximate surface area is 231 Å². The summed E-state index contributed by atoms with van der Waals surface area (Å²) in [5.41, 5.74) is 3.29. The van der Waals surface area contributed by atoms with E-state index in [1.807, 2.05) is 66.7 Å². The zero-order valence-corrected chi connectivity index (χ0v) is 22.6. The standard InChI is InChI=1S/C29H26ClN3O4S/c1-35-22-11-12-26(27(13-22)36-2)32-17-33-28(34)14-23(24(15-31)29(33)38-18-32)19-7-9-21(10-8-19)37-16-20-5-3-4-6-25(20)30/h3-13,23H,14,16-18H2,1-2H3/t23-/m0/s1. The number of anilines is 1. The number of rotatable bonds is 7. The number of carbonyl (C=O) groups is 1. The molecule has 0 aliphatic carbocycles. The van der Waals surface area contributed by atoms with Gasteiger partial charge in [-0.2, -0.15) is 5.26 Å². The van der Waals surface area contributed by atoms with E-state index in [4.69, 9.17) is 25.8 Å². The van der Waals surface area contributed by atoms with E-state index in [2.05, 4.69) is 11.0 Å². The normalized spacial score (nSPS) is 17.1. The number of hydrogen-bond acceptors (Lipinski definition) is 7. The number of allylic oxidation sites excluding steroid dienone is 1. The minimum atomic E-state index is -0.300. The van der Waals surface area contributed by atoms with E-state index in [9.17, 15) is 10.1 Å². The Hall–Kier alpha value is -3.80. The van der Waals surface area contributed by atoms with Crippen LogP contribution in [0.4, 0.5) is 5.69 Å². The first-order chi connectivity index (χ1) is 18.5. The summed E-state index contributed by atoms with van der Waals surface area (Å²) in [6.45, 7) is 0.700. The third kappa shape index (κ3) is 5.13. The van der Waals surface area contributed by atoms with Crippen molar-refractivity contribution in [1.29, 1.82) is 5.26 Å². The minimum absolute atomic E-state index is 0.0206. The van der Waals surface area contributed by atoms with Crippen LogP contribution in [0.1, 0.15) is 23.5 Å². The van der Waals surface area contributed by atoms with Gasteiger partial charge in [-0.1, -0.05) is 53.7 Å². The number of methoxy groups -OCH3 is 2. The molecule has 38 heavy (non-hydrogen) atoms. The number of thioether (sulfide) groups is 1. The molecule has 3 aromatic rings. The van der Waals surface area contributed by atoms with E-state index in [0.717, 1.165) is 21.8 Å². The second-order valence-corrected chi connectivity index (χ2v) is 10.2. The van der Waals surface area contributed by atoms with Gasteiger partial charge in [0, 0.05) is 29.0 Å². The van der Waals surface area contributed by atoms with Gasteiger partial charge in [-0.05, 0) is 35.9 Å². The van der Waals surface area contributed by atoms with Gasteiger partial charge in [-0.15, -0.1) is 0 Å². The van der Waals surface area contributed by atoms with E-state index in [-0.39, 0.29) is 18.2 Å². The highest BCUT2D eigenvalue weighted by Crippen LogP contribution is 2.45. The van der Waals surface area contributed by atoms with Gasteiger partial charge in [0.25, 0.3) is 0 Å². The van der Waals surface area contributed by atoms with Crippen molar-refractivity contribution in [3.05, 3.63) is 93.5 Å². The second kappa shape index (κ2) is 11.3. The lowest BCUT2D eigenvalue weighted by Crippen LogP contribution is -2.47. The highest BCUT2D eigenvalue weighted by molar-refractivity contribution is 8.03. The van der Waals surface area contributed by atoms with Gasteiger partial charge in [0.2, 0.25) is 5.91 Å². The van der Waals surface area contributed by atoms with Crippen LogP contribution in [-0.4, -0.2) is 37.6 Å². The smallest absolute Gasteiger partial charge is 0.229 e. The first-order valence-electron chi connectivity index (χ1n) is 12.0. The van der Waals surface area contributed by atoms with Crippen LogP contribution in [-0.2, 0) is 11.4 Å². The summed E-state index contributed by atoms with van der Waals surface area (Å²) in [5, 5.41) is 11.5. The first-order valence-corrected chi connectivity index (χ1v) is 13.4. The Morgan fingerprint density at radius 1 is 1.05 bits per heavy atom. The number of amides is 1. The molecule has 2 aliphatic heterocycles. The molecule has 5 rings (SSSR count). The molecule has 0 spiro atoms. The lowest BCUT2D eigenvalue weighted by atomic mass is 9.86. The summed E-state index contributed by atoms with van der Waals surface area (Å²) in [6, 6.07) is 23.2. The maximum absolute atomic E-state index is 13.3. The van der Waals surface area contributed by atoms with Crippen LogP contribution in [0.15, 0.2) is 77.3 Å². The van der Waals surface area contributed by atoms with E-state index < -0.39 is 0 Å². The number of halogens is 1. The number of ether oxygens (including phenoxy) is 3. The molecule has 2 aliphatic rings. The van der Waals surface area contributed by atoms with E-state index in [1.165, 1.54) is 11.8 Å². The van der Waals surface area contributed by atoms with Crippen molar-refractivity contribution in [3.63, 3.8) is 0 Å². The fourth-order valence-corrected chi connectivity index (χ4v) is 5.97. The maximum Gasteiger partial charge on any atom is 0.229 e. The lowest BCUT2D eigenvalue weighted by Gasteiger charge is -2.42. The molecule has 0 saturated carbocycles. The number of carbonyl (C=O) groups excluding carboxylic acids is 1. The molecule has 7 nitrogen and oxygen atoms in total. The van der Waals surface area contributed by atoms with Gasteiger partial charge >= 0.3 is 0 Å². The molecule has 0 unspecified atom stereocenters. The monoisotopic (exact) mass is 547 g/mol. The van der Waals surface area contributed by atoms with Crippen LogP contribution >= 0.6 is 23.4 Å². The molecule has 0 bridgehead atoms. The topological polar surface area (TPSA) is 75.0 Å². The molecule has 194 valence electrons. The second-order valence-electron chi connectivity index (χ2n) is 8.85. The Morgan fingerprint density at radius 2 is 1.82 bits per heavy atom. The van der Waals surface area contributed by atoms with E-state index >= 15 is 0 Å². The summed E-state index contributed by atoms with van der Waals surface area (Å²) in [4.78, 5) is 17.1. The minimum Gasteiger partial charge on any atom is -0.497 e. The van der Waals surface area contributed by atoms with Crippen molar-refractivity contribution >= 4 is 35.0 Å². The van der Waals surface area contributed by atoms with Crippen molar-refractivity contribution in [3.8, 4) is 23.3 Å². The first kappa shape index (κ1) is 25.8. The van der Waals surface area contributed by atoms with Crippen LogP contribution in [0.5, 0.6) is 17.2 Å². The van der Waals surface area contributed by atoms with Crippen LogP contribution in [0, 0.1) is 11.3 Å². The quantitative estimate of drug-likeness (QED) is 0.351. The van der Waals surface area contributed by atoms with Crippen molar-refractivity contribution in [2.75, 3.05) is 31.7 Å². The highest BCUT2D eigenvalue weighted by Gasteiger charge is 2.38. The molecule has 0 N–H and O–H groups in total. The van der Waals surface area contributed by atoms with Crippen molar-refractivity contribution in [1.82, 2.24) is 4.90 Å². The van der Waals surface area contributed by atoms with Gasteiger partial charge in [-0.3, -0.25) is 9.69 Å². The number of nitrogens with zero attached hydrogens (tertiary/aromatic N) is 3. The molecular weight excluding hydrogens is 522 g/mol. The van der Waals surface area contributed by atoms with Crippen LogP contribution < -0.4 is 19.1 Å². The molecule has 1 fully saturated rings. The molecule has 1 amide bonds. The van der Waals surface area contributed by atoms with Crippen LogP contribution in [0.3, 0.4) is 0 Å². The Balaban J connectivity index is 1.34. The average molecular weight is 548 g/mol. The van der Waals surface area contributed by atoms with Gasteiger partial charge in [0.1, 0.15) is 23.9 Å². The molecule has 0 aromatic heterocycles. The van der Waals surface area contributed by atoms with Crippen molar-refractivity contribution in [2.45, 2.75) is 18.9 Å². The molecule has 1 atom stereocenters. The maximum atomic E-state index is 13.3. The van der Waals surface area contributed by atoms with Crippen LogP contribution in [0.25, 0.3) is 0 Å². The van der Waals surface area contributed by atoms with Gasteiger partial charge in [-0.25, -0.2) is 0 Å². The Morgan fingerprint density at radius 3 is 2.53 bits per heavy atom. The third-order valence-corrected chi connectivity index (χ3v) is 8.18. The Kier molecular flexibility index (Phi) is 7.68. The number of fused-ring (bicyclic) bond motifs is 1. The summed E-state index contributed by atoms with van der Waals surface area (Å²) in [5.74, 6) is 2.31. The summed E-state index contributed by atoms with van der Waals surface area (Å²) in [7, 11) is 3.22. The average Bonchev–Trinajstić information content (AvgIpc) is 2.96. The lowest BCUT2D eigenvalue weighted by molar-refractivity contribution is -0.129. The largest absolute Gasteiger partial charge is 0.497 e. The van der Waals surface area contributed by atoms with E-state index in [1.54, 1.807) is 19.1 Å². The summed E-state index contributed by atoms with van der Waals surface area (Å²) >= 11 is 7.71.